The predicted octanol–water partition coefficient (Wildman–Crippen LogP) is -0.533. The van der Waals surface area contributed by atoms with E-state index in [1.807, 2.05) is 0 Å². The highest BCUT2D eigenvalue weighted by molar-refractivity contribution is 7.88. The maximum atomic E-state index is 11.6. The molecule has 0 aromatic carbocycles. The first-order valence-electron chi connectivity index (χ1n) is 4.92. The lowest BCUT2D eigenvalue weighted by atomic mass is 10.2. The van der Waals surface area contributed by atoms with Gasteiger partial charge in [-0.1, -0.05) is 6.08 Å². The molecular weight excluding hydrogens is 216 g/mol. The molecule has 0 atom stereocenters. The van der Waals surface area contributed by atoms with Crippen LogP contribution in [0.5, 0.6) is 0 Å². The van der Waals surface area contributed by atoms with Crippen molar-refractivity contribution in [2.75, 3.05) is 19.3 Å². The monoisotopic (exact) mass is 230 g/mol. The fourth-order valence-electron chi connectivity index (χ4n) is 1.45. The van der Waals surface area contributed by atoms with Gasteiger partial charge in [0.2, 0.25) is 15.9 Å². The Morgan fingerprint density at radius 3 is 2.67 bits per heavy atom. The molecule has 1 fully saturated rings. The molecule has 2 rings (SSSR count). The molecule has 1 heterocycles. The maximum absolute atomic E-state index is 11.6. The highest BCUT2D eigenvalue weighted by Crippen LogP contribution is 2.20. The molecule has 5 nitrogen and oxygen atoms in total. The molecule has 1 amide bonds. The van der Waals surface area contributed by atoms with Crippen molar-refractivity contribution in [2.24, 2.45) is 0 Å². The van der Waals surface area contributed by atoms with Crippen LogP contribution in [0.2, 0.25) is 0 Å². The number of amides is 1. The van der Waals surface area contributed by atoms with Gasteiger partial charge in [-0.25, -0.2) is 8.42 Å². The largest absolute Gasteiger partial charge is 0.350 e. The van der Waals surface area contributed by atoms with Gasteiger partial charge in [-0.2, -0.15) is 4.31 Å². The lowest BCUT2D eigenvalue weighted by molar-refractivity contribution is -0.117. The van der Waals surface area contributed by atoms with Crippen molar-refractivity contribution in [1.82, 2.24) is 9.62 Å². The third-order valence-corrected chi connectivity index (χ3v) is 3.78. The van der Waals surface area contributed by atoms with Gasteiger partial charge in [0.25, 0.3) is 0 Å². The number of carbonyl (C=O) groups is 1. The molecule has 0 bridgehead atoms. The minimum atomic E-state index is -3.18. The van der Waals surface area contributed by atoms with Gasteiger partial charge < -0.3 is 5.32 Å². The van der Waals surface area contributed by atoms with E-state index in [4.69, 9.17) is 0 Å². The summed E-state index contributed by atoms with van der Waals surface area (Å²) in [7, 11) is -3.18. The standard InChI is InChI=1S/C9H14N2O3S/c1-15(13,14)11-5-4-7(6-11)9(12)10-8-2-3-8/h4,8H,2-3,5-6H2,1H3,(H,10,12). The zero-order chi connectivity index (χ0) is 11.1. The summed E-state index contributed by atoms with van der Waals surface area (Å²) in [5, 5.41) is 2.84. The summed E-state index contributed by atoms with van der Waals surface area (Å²) in [4.78, 5) is 11.6. The summed E-state index contributed by atoms with van der Waals surface area (Å²) >= 11 is 0. The first-order valence-corrected chi connectivity index (χ1v) is 6.76. The summed E-state index contributed by atoms with van der Waals surface area (Å²) < 4.78 is 23.7. The molecule has 1 N–H and O–H groups in total. The lowest BCUT2D eigenvalue weighted by Gasteiger charge is -2.12. The molecule has 0 spiro atoms. The van der Waals surface area contributed by atoms with Crippen molar-refractivity contribution < 1.29 is 13.2 Å². The SMILES string of the molecule is CS(=O)(=O)N1CC=C(C(=O)NC2CC2)C1. The molecule has 0 unspecified atom stereocenters. The van der Waals surface area contributed by atoms with E-state index in [2.05, 4.69) is 5.32 Å². The van der Waals surface area contributed by atoms with E-state index in [1.165, 1.54) is 4.31 Å². The second-order valence-electron chi connectivity index (χ2n) is 4.03. The smallest absolute Gasteiger partial charge is 0.248 e. The van der Waals surface area contributed by atoms with Crippen molar-refractivity contribution in [1.29, 1.82) is 0 Å². The summed E-state index contributed by atoms with van der Waals surface area (Å²) in [6.45, 7) is 0.517. The van der Waals surface area contributed by atoms with Crippen LogP contribution in [-0.2, 0) is 14.8 Å². The first kappa shape index (κ1) is 10.6. The summed E-state index contributed by atoms with van der Waals surface area (Å²) in [6.07, 6.45) is 4.91. The number of rotatable bonds is 3. The molecule has 84 valence electrons. The molecule has 6 heteroatoms. The topological polar surface area (TPSA) is 66.5 Å². The molecule has 2 aliphatic rings. The summed E-state index contributed by atoms with van der Waals surface area (Å²) in [5.41, 5.74) is 0.562. The van der Waals surface area contributed by atoms with E-state index in [0.29, 0.717) is 18.2 Å². The van der Waals surface area contributed by atoms with Crippen LogP contribution in [0.1, 0.15) is 12.8 Å². The van der Waals surface area contributed by atoms with Gasteiger partial charge in [-0.05, 0) is 12.8 Å². The average molecular weight is 230 g/mol. The van der Waals surface area contributed by atoms with Crippen LogP contribution in [0.4, 0.5) is 0 Å². The van der Waals surface area contributed by atoms with Gasteiger partial charge in [0.05, 0.1) is 6.26 Å². The van der Waals surface area contributed by atoms with E-state index in [9.17, 15) is 13.2 Å². The quantitative estimate of drug-likeness (QED) is 0.708. The van der Waals surface area contributed by atoms with Crippen LogP contribution < -0.4 is 5.32 Å². The second-order valence-corrected chi connectivity index (χ2v) is 6.02. The normalized spacial score (nSPS) is 22.6. The summed E-state index contributed by atoms with van der Waals surface area (Å²) in [6, 6.07) is 0.311. The Bertz CT molecular complexity index is 409. The predicted molar refractivity (Wildman–Crippen MR) is 55.7 cm³/mol. The van der Waals surface area contributed by atoms with Gasteiger partial charge in [-0.15, -0.1) is 0 Å². The van der Waals surface area contributed by atoms with Crippen molar-refractivity contribution >= 4 is 15.9 Å². The van der Waals surface area contributed by atoms with Gasteiger partial charge in [-0.3, -0.25) is 4.79 Å². The Labute approximate surface area is 89.2 Å². The molecule has 1 aliphatic carbocycles. The third-order valence-electron chi connectivity index (χ3n) is 2.56. The zero-order valence-electron chi connectivity index (χ0n) is 8.56. The Morgan fingerprint density at radius 2 is 2.20 bits per heavy atom. The van der Waals surface area contributed by atoms with Gasteiger partial charge in [0.15, 0.2) is 0 Å². The molecular formula is C9H14N2O3S. The van der Waals surface area contributed by atoms with Gasteiger partial charge >= 0.3 is 0 Å². The van der Waals surface area contributed by atoms with Crippen molar-refractivity contribution in [3.05, 3.63) is 11.6 Å². The molecule has 0 radical (unpaired) electrons. The molecule has 0 saturated heterocycles. The third kappa shape index (κ3) is 2.57. The Morgan fingerprint density at radius 1 is 1.53 bits per heavy atom. The molecule has 1 saturated carbocycles. The second kappa shape index (κ2) is 3.61. The van der Waals surface area contributed by atoms with Crippen LogP contribution >= 0.6 is 0 Å². The molecule has 0 aromatic heterocycles. The van der Waals surface area contributed by atoms with E-state index < -0.39 is 10.0 Å². The van der Waals surface area contributed by atoms with Crippen molar-refractivity contribution in [3.63, 3.8) is 0 Å². The van der Waals surface area contributed by atoms with Crippen molar-refractivity contribution in [2.45, 2.75) is 18.9 Å². The van der Waals surface area contributed by atoms with Crippen LogP contribution in [0.15, 0.2) is 11.6 Å². The van der Waals surface area contributed by atoms with Gasteiger partial charge in [0.1, 0.15) is 0 Å². The van der Waals surface area contributed by atoms with Crippen LogP contribution in [0.25, 0.3) is 0 Å². The summed E-state index contributed by atoms with van der Waals surface area (Å²) in [5.74, 6) is -0.122. The molecule has 1 aliphatic heterocycles. The first-order chi connectivity index (χ1) is 6.97. The Balaban J connectivity index is 1.93. The van der Waals surface area contributed by atoms with E-state index in [-0.39, 0.29) is 12.5 Å². The minimum Gasteiger partial charge on any atom is -0.350 e. The van der Waals surface area contributed by atoms with Crippen LogP contribution in [0.3, 0.4) is 0 Å². The molecule has 15 heavy (non-hydrogen) atoms. The zero-order valence-corrected chi connectivity index (χ0v) is 9.38. The fraction of sp³-hybridized carbons (Fsp3) is 0.667. The number of nitrogens with one attached hydrogen (secondary N) is 1. The van der Waals surface area contributed by atoms with Gasteiger partial charge in [0, 0.05) is 24.7 Å². The number of carbonyl (C=O) groups excluding carboxylic acids is 1. The van der Waals surface area contributed by atoms with Crippen molar-refractivity contribution in [3.8, 4) is 0 Å². The van der Waals surface area contributed by atoms with E-state index in [0.717, 1.165) is 19.1 Å². The Hall–Kier alpha value is -0.880. The number of hydrogen-bond donors (Lipinski definition) is 1. The molecule has 0 aromatic rings. The van der Waals surface area contributed by atoms with Crippen LogP contribution in [-0.4, -0.2) is 44.0 Å². The van der Waals surface area contributed by atoms with E-state index >= 15 is 0 Å². The number of hydrogen-bond acceptors (Lipinski definition) is 3. The highest BCUT2D eigenvalue weighted by Gasteiger charge is 2.29. The number of sulfonamides is 1. The highest BCUT2D eigenvalue weighted by atomic mass is 32.2. The fourth-order valence-corrected chi connectivity index (χ4v) is 2.17. The minimum absolute atomic E-state index is 0.122. The average Bonchev–Trinajstić information content (AvgIpc) is 2.80. The maximum Gasteiger partial charge on any atom is 0.248 e. The number of nitrogens with zero attached hydrogens (tertiary/aromatic N) is 1. The Kier molecular flexibility index (Phi) is 2.56. The van der Waals surface area contributed by atoms with Crippen LogP contribution in [0, 0.1) is 0 Å². The lowest BCUT2D eigenvalue weighted by Crippen LogP contribution is -2.32. The van der Waals surface area contributed by atoms with E-state index in [1.54, 1.807) is 6.08 Å².